The van der Waals surface area contributed by atoms with Crippen molar-refractivity contribution in [1.82, 2.24) is 0 Å². The number of methoxy groups -OCH3 is 1. The summed E-state index contributed by atoms with van der Waals surface area (Å²) >= 11 is 0. The van der Waals surface area contributed by atoms with E-state index in [0.717, 1.165) is 0 Å². The minimum Gasteiger partial charge on any atom is -0.504 e. The topological polar surface area (TPSA) is 63.6 Å². The first-order valence-electron chi connectivity index (χ1n) is 4.11. The molecule has 0 saturated heterocycles. The summed E-state index contributed by atoms with van der Waals surface area (Å²) in [6, 6.07) is 3.98. The Balaban J connectivity index is 3.26. The van der Waals surface area contributed by atoms with E-state index in [1.54, 1.807) is 6.92 Å². The van der Waals surface area contributed by atoms with Gasteiger partial charge in [-0.15, -0.1) is 0 Å². The van der Waals surface area contributed by atoms with Crippen LogP contribution < -0.4 is 4.74 Å². The van der Waals surface area contributed by atoms with Gasteiger partial charge in [-0.25, -0.2) is 8.42 Å². The molecular formula is C9H12O4S. The van der Waals surface area contributed by atoms with Crippen molar-refractivity contribution in [2.24, 2.45) is 0 Å². The van der Waals surface area contributed by atoms with E-state index in [1.165, 1.54) is 25.3 Å². The van der Waals surface area contributed by atoms with Crippen molar-refractivity contribution in [1.29, 1.82) is 0 Å². The lowest BCUT2D eigenvalue weighted by atomic mass is 10.3. The molecule has 5 heteroatoms. The molecule has 0 bridgehead atoms. The summed E-state index contributed by atoms with van der Waals surface area (Å²) in [5.41, 5.74) is 0. The first kappa shape index (κ1) is 10.8. The Morgan fingerprint density at radius 2 is 2.07 bits per heavy atom. The third-order valence-corrected chi connectivity index (χ3v) is 3.62. The van der Waals surface area contributed by atoms with E-state index < -0.39 is 9.84 Å². The number of aromatic hydroxyl groups is 1. The van der Waals surface area contributed by atoms with E-state index in [2.05, 4.69) is 0 Å². The van der Waals surface area contributed by atoms with Gasteiger partial charge in [0.25, 0.3) is 0 Å². The fourth-order valence-corrected chi connectivity index (χ4v) is 1.91. The average Bonchev–Trinajstić information content (AvgIpc) is 2.18. The molecule has 1 rings (SSSR count). The van der Waals surface area contributed by atoms with Gasteiger partial charge in [0.15, 0.2) is 21.3 Å². The Morgan fingerprint density at radius 3 is 2.57 bits per heavy atom. The van der Waals surface area contributed by atoms with Crippen LogP contribution in [0.3, 0.4) is 0 Å². The zero-order valence-corrected chi connectivity index (χ0v) is 8.84. The highest BCUT2D eigenvalue weighted by atomic mass is 32.2. The van der Waals surface area contributed by atoms with Crippen LogP contribution in [0.15, 0.2) is 23.1 Å². The number of phenols is 1. The van der Waals surface area contributed by atoms with Gasteiger partial charge in [0.05, 0.1) is 17.8 Å². The van der Waals surface area contributed by atoms with Gasteiger partial charge in [0.2, 0.25) is 0 Å². The lowest BCUT2D eigenvalue weighted by Crippen LogP contribution is -2.03. The predicted octanol–water partition coefficient (Wildman–Crippen LogP) is 1.19. The van der Waals surface area contributed by atoms with Gasteiger partial charge in [-0.2, -0.15) is 0 Å². The molecule has 1 aromatic carbocycles. The van der Waals surface area contributed by atoms with E-state index in [9.17, 15) is 13.5 Å². The molecule has 4 nitrogen and oxygen atoms in total. The Kier molecular flexibility index (Phi) is 3.00. The molecule has 0 radical (unpaired) electrons. The molecule has 0 heterocycles. The van der Waals surface area contributed by atoms with Crippen LogP contribution in [0.5, 0.6) is 11.5 Å². The quantitative estimate of drug-likeness (QED) is 0.824. The molecule has 0 fully saturated rings. The van der Waals surface area contributed by atoms with Crippen molar-refractivity contribution in [3.05, 3.63) is 18.2 Å². The standard InChI is InChI=1S/C9H12O4S/c1-3-14(11,12)7-4-5-8(10)9(6-7)13-2/h4-6,10H,3H2,1-2H3. The van der Waals surface area contributed by atoms with Gasteiger partial charge in [0, 0.05) is 6.07 Å². The molecule has 78 valence electrons. The minimum absolute atomic E-state index is 0.0287. The smallest absolute Gasteiger partial charge is 0.178 e. The number of ether oxygens (including phenoxy) is 1. The van der Waals surface area contributed by atoms with Crippen LogP contribution in [0.4, 0.5) is 0 Å². The summed E-state index contributed by atoms with van der Waals surface area (Å²) in [4.78, 5) is 0.162. The van der Waals surface area contributed by atoms with Crippen LogP contribution in [-0.2, 0) is 9.84 Å². The second kappa shape index (κ2) is 3.88. The maximum Gasteiger partial charge on any atom is 0.178 e. The van der Waals surface area contributed by atoms with Crippen molar-refractivity contribution >= 4 is 9.84 Å². The molecule has 1 aromatic rings. The summed E-state index contributed by atoms with van der Waals surface area (Å²) in [7, 11) is -1.87. The Labute approximate surface area is 83.1 Å². The maximum atomic E-state index is 11.4. The van der Waals surface area contributed by atoms with E-state index in [0.29, 0.717) is 0 Å². The Bertz CT molecular complexity index is 422. The van der Waals surface area contributed by atoms with Crippen molar-refractivity contribution in [2.45, 2.75) is 11.8 Å². The van der Waals surface area contributed by atoms with Gasteiger partial charge in [-0.05, 0) is 12.1 Å². The van der Waals surface area contributed by atoms with Crippen LogP contribution in [0.2, 0.25) is 0 Å². The Morgan fingerprint density at radius 1 is 1.43 bits per heavy atom. The zero-order valence-electron chi connectivity index (χ0n) is 8.02. The van der Waals surface area contributed by atoms with Crippen molar-refractivity contribution in [3.8, 4) is 11.5 Å². The fourth-order valence-electron chi connectivity index (χ4n) is 1.02. The predicted molar refractivity (Wildman–Crippen MR) is 52.4 cm³/mol. The summed E-state index contributed by atoms with van der Waals surface area (Å²) in [5, 5.41) is 9.25. The lowest BCUT2D eigenvalue weighted by Gasteiger charge is -2.06. The highest BCUT2D eigenvalue weighted by Crippen LogP contribution is 2.28. The number of hydrogen-bond acceptors (Lipinski definition) is 4. The first-order valence-corrected chi connectivity index (χ1v) is 5.76. The van der Waals surface area contributed by atoms with Gasteiger partial charge in [-0.3, -0.25) is 0 Å². The molecule has 14 heavy (non-hydrogen) atoms. The lowest BCUT2D eigenvalue weighted by molar-refractivity contribution is 0.372. The van der Waals surface area contributed by atoms with E-state index in [4.69, 9.17) is 4.74 Å². The van der Waals surface area contributed by atoms with Crippen molar-refractivity contribution < 1.29 is 18.3 Å². The van der Waals surface area contributed by atoms with Gasteiger partial charge < -0.3 is 9.84 Å². The molecule has 0 aromatic heterocycles. The number of benzene rings is 1. The largest absolute Gasteiger partial charge is 0.504 e. The fraction of sp³-hybridized carbons (Fsp3) is 0.333. The highest BCUT2D eigenvalue weighted by Gasteiger charge is 2.13. The molecule has 0 aliphatic rings. The molecule has 0 aliphatic heterocycles. The normalized spacial score (nSPS) is 11.3. The monoisotopic (exact) mass is 216 g/mol. The summed E-state index contributed by atoms with van der Waals surface area (Å²) in [6.07, 6.45) is 0. The van der Waals surface area contributed by atoms with Crippen molar-refractivity contribution in [3.63, 3.8) is 0 Å². The average molecular weight is 216 g/mol. The summed E-state index contributed by atoms with van der Waals surface area (Å²) in [5.74, 6) is 0.128. The van der Waals surface area contributed by atoms with Crippen molar-refractivity contribution in [2.75, 3.05) is 12.9 Å². The van der Waals surface area contributed by atoms with Crippen LogP contribution >= 0.6 is 0 Å². The second-order valence-electron chi connectivity index (χ2n) is 2.74. The third-order valence-electron chi connectivity index (χ3n) is 1.89. The number of sulfone groups is 1. The van der Waals surface area contributed by atoms with E-state index in [-0.39, 0.29) is 22.1 Å². The maximum absolute atomic E-state index is 11.4. The summed E-state index contributed by atoms with van der Waals surface area (Å²) < 4.78 is 27.7. The molecule has 0 aliphatic carbocycles. The Hall–Kier alpha value is -1.23. The third kappa shape index (κ3) is 1.98. The molecule has 0 amide bonds. The molecule has 0 saturated carbocycles. The van der Waals surface area contributed by atoms with E-state index in [1.807, 2.05) is 0 Å². The molecule has 0 unspecified atom stereocenters. The second-order valence-corrected chi connectivity index (χ2v) is 5.02. The molecule has 0 spiro atoms. The van der Waals surface area contributed by atoms with Crippen LogP contribution in [0.1, 0.15) is 6.92 Å². The van der Waals surface area contributed by atoms with Gasteiger partial charge >= 0.3 is 0 Å². The van der Waals surface area contributed by atoms with E-state index >= 15 is 0 Å². The zero-order chi connectivity index (χ0) is 10.8. The molecular weight excluding hydrogens is 204 g/mol. The number of hydrogen-bond donors (Lipinski definition) is 1. The van der Waals surface area contributed by atoms with Crippen LogP contribution in [-0.4, -0.2) is 26.4 Å². The minimum atomic E-state index is -3.24. The molecule has 1 N–H and O–H groups in total. The first-order chi connectivity index (χ1) is 6.51. The summed E-state index contributed by atoms with van der Waals surface area (Å²) in [6.45, 7) is 1.56. The van der Waals surface area contributed by atoms with Gasteiger partial charge in [-0.1, -0.05) is 6.92 Å². The number of phenolic OH excluding ortho intramolecular Hbond substituents is 1. The SMILES string of the molecule is CCS(=O)(=O)c1ccc(O)c(OC)c1. The van der Waals surface area contributed by atoms with Crippen LogP contribution in [0, 0.1) is 0 Å². The van der Waals surface area contributed by atoms with Crippen LogP contribution in [0.25, 0.3) is 0 Å². The number of rotatable bonds is 3. The highest BCUT2D eigenvalue weighted by molar-refractivity contribution is 7.91. The van der Waals surface area contributed by atoms with Gasteiger partial charge in [0.1, 0.15) is 0 Å². The molecule has 0 atom stereocenters.